The summed E-state index contributed by atoms with van der Waals surface area (Å²) in [5, 5.41) is 0. The van der Waals surface area contributed by atoms with E-state index in [1.807, 2.05) is 21.1 Å². The number of ether oxygens (including phenoxy) is 2. The smallest absolute Gasteiger partial charge is 0.306 e. The Kier molecular flexibility index (Phi) is 43.3. The van der Waals surface area contributed by atoms with Crippen LogP contribution in [0.3, 0.4) is 0 Å². The highest BCUT2D eigenvalue weighted by atomic mass is 31.2. The van der Waals surface area contributed by atoms with Gasteiger partial charge in [-0.1, -0.05) is 212 Å². The van der Waals surface area contributed by atoms with Gasteiger partial charge in [0.1, 0.15) is 19.3 Å². The predicted octanol–water partition coefficient (Wildman–Crippen LogP) is 14.8. The van der Waals surface area contributed by atoms with Crippen molar-refractivity contribution in [3.05, 3.63) is 12.2 Å². The topological polar surface area (TPSA) is 94.1 Å². The van der Waals surface area contributed by atoms with Crippen molar-refractivity contribution < 1.29 is 37.3 Å². The maximum Gasteiger partial charge on any atom is 0.306 e. The Morgan fingerprint density at radius 1 is 0.508 bits per heavy atom. The molecule has 0 aromatic rings. The molecule has 0 saturated carbocycles. The largest absolute Gasteiger partial charge is 0.756 e. The van der Waals surface area contributed by atoms with E-state index in [0.29, 0.717) is 24.1 Å². The first-order chi connectivity index (χ1) is 28.6. The summed E-state index contributed by atoms with van der Waals surface area (Å²) in [5.74, 6) is -0.328. The third kappa shape index (κ3) is 48.1. The summed E-state index contributed by atoms with van der Waals surface area (Å²) in [7, 11) is 1.37. The van der Waals surface area contributed by atoms with Gasteiger partial charge in [0.2, 0.25) is 0 Å². The number of rotatable bonds is 48. The second kappa shape index (κ2) is 43.9. The molecule has 0 aliphatic carbocycles. The molecule has 0 bridgehead atoms. The molecule has 2 unspecified atom stereocenters. The van der Waals surface area contributed by atoms with E-state index in [2.05, 4.69) is 26.0 Å². The number of carbonyl (C=O) groups excluding carboxylic acids is 1. The fourth-order valence-electron chi connectivity index (χ4n) is 7.37. The van der Waals surface area contributed by atoms with Crippen LogP contribution in [-0.2, 0) is 27.9 Å². The van der Waals surface area contributed by atoms with E-state index in [9.17, 15) is 14.3 Å². The Labute approximate surface area is 367 Å². The van der Waals surface area contributed by atoms with Gasteiger partial charge in [-0.25, -0.2) is 0 Å². The fourth-order valence-corrected chi connectivity index (χ4v) is 8.10. The molecular formula is C50H100NO7P. The molecule has 9 heteroatoms. The molecule has 2 atom stereocenters. The number of likely N-dealkylation sites (N-methyl/N-ethyl adjacent to an activating group) is 1. The Balaban J connectivity index is 4.11. The zero-order chi connectivity index (χ0) is 43.4. The average Bonchev–Trinajstić information content (AvgIpc) is 3.19. The van der Waals surface area contributed by atoms with Gasteiger partial charge in [0.15, 0.2) is 0 Å². The fraction of sp³-hybridized carbons (Fsp3) is 0.940. The number of quaternary nitrogens is 1. The van der Waals surface area contributed by atoms with Crippen LogP contribution in [0.2, 0.25) is 0 Å². The first-order valence-corrected chi connectivity index (χ1v) is 26.9. The molecule has 0 aliphatic heterocycles. The van der Waals surface area contributed by atoms with Crippen LogP contribution >= 0.6 is 7.82 Å². The van der Waals surface area contributed by atoms with Crippen molar-refractivity contribution in [3.8, 4) is 0 Å². The van der Waals surface area contributed by atoms with Crippen molar-refractivity contribution in [1.29, 1.82) is 0 Å². The van der Waals surface area contributed by atoms with Gasteiger partial charge in [0.25, 0.3) is 7.82 Å². The van der Waals surface area contributed by atoms with Crippen molar-refractivity contribution in [3.63, 3.8) is 0 Å². The van der Waals surface area contributed by atoms with Crippen LogP contribution in [0.1, 0.15) is 245 Å². The van der Waals surface area contributed by atoms with Crippen molar-refractivity contribution in [1.82, 2.24) is 0 Å². The van der Waals surface area contributed by atoms with Gasteiger partial charge in [0, 0.05) is 13.0 Å². The van der Waals surface area contributed by atoms with Gasteiger partial charge in [-0.2, -0.15) is 0 Å². The van der Waals surface area contributed by atoms with Crippen LogP contribution in [0.4, 0.5) is 0 Å². The summed E-state index contributed by atoms with van der Waals surface area (Å²) in [6.45, 7) is 5.46. The summed E-state index contributed by atoms with van der Waals surface area (Å²) < 4.78 is 34.7. The minimum atomic E-state index is -4.52. The number of nitrogens with zero attached hydrogens (tertiary/aromatic N) is 1. The Morgan fingerprint density at radius 3 is 1.29 bits per heavy atom. The van der Waals surface area contributed by atoms with E-state index in [-0.39, 0.29) is 25.8 Å². The molecule has 0 fully saturated rings. The minimum absolute atomic E-state index is 0.0296. The number of hydrogen-bond donors (Lipinski definition) is 0. The molecular weight excluding hydrogens is 758 g/mol. The number of carbonyl (C=O) groups is 1. The maximum atomic E-state index is 12.7. The lowest BCUT2D eigenvalue weighted by molar-refractivity contribution is -0.870. The number of allylic oxidation sites excluding steroid dienone is 2. The van der Waals surface area contributed by atoms with E-state index < -0.39 is 13.9 Å². The van der Waals surface area contributed by atoms with Crippen molar-refractivity contribution in [2.24, 2.45) is 0 Å². The maximum absolute atomic E-state index is 12.7. The van der Waals surface area contributed by atoms with E-state index in [1.165, 1.54) is 193 Å². The molecule has 8 nitrogen and oxygen atoms in total. The monoisotopic (exact) mass is 858 g/mol. The van der Waals surface area contributed by atoms with Crippen molar-refractivity contribution in [2.75, 3.05) is 54.1 Å². The van der Waals surface area contributed by atoms with Gasteiger partial charge in [0.05, 0.1) is 34.4 Å². The molecule has 0 radical (unpaired) electrons. The quantitative estimate of drug-likeness (QED) is 0.0198. The molecule has 0 saturated heterocycles. The summed E-state index contributed by atoms with van der Waals surface area (Å²) >= 11 is 0. The SMILES string of the molecule is CCCCCCCC/C=C\CCCCCCCCCCCCOCC(COP(=O)([O-])OCC[N+](C)(C)C)OC(=O)CCCCCCCCCCCCCCCCCCC. The zero-order valence-electron chi connectivity index (χ0n) is 40.0. The molecule has 0 aromatic heterocycles. The molecule has 0 rings (SSSR count). The lowest BCUT2D eigenvalue weighted by Crippen LogP contribution is -2.37. The lowest BCUT2D eigenvalue weighted by atomic mass is 10.0. The van der Waals surface area contributed by atoms with Gasteiger partial charge >= 0.3 is 5.97 Å². The highest BCUT2D eigenvalue weighted by Gasteiger charge is 2.20. The number of phosphoric acid groups is 1. The Bertz CT molecular complexity index is 956. The van der Waals surface area contributed by atoms with Gasteiger partial charge in [-0.15, -0.1) is 0 Å². The van der Waals surface area contributed by atoms with Gasteiger partial charge in [-0.3, -0.25) is 9.36 Å². The second-order valence-corrected chi connectivity index (χ2v) is 19.9. The summed E-state index contributed by atoms with van der Waals surface area (Å²) in [4.78, 5) is 25.1. The Hall–Kier alpha value is -0.760. The molecule has 0 heterocycles. The number of hydrogen-bond acceptors (Lipinski definition) is 7. The van der Waals surface area contributed by atoms with Crippen LogP contribution in [-0.4, -0.2) is 70.7 Å². The van der Waals surface area contributed by atoms with Crippen LogP contribution < -0.4 is 4.89 Å². The van der Waals surface area contributed by atoms with Crippen LogP contribution in [0, 0.1) is 0 Å². The summed E-state index contributed by atoms with van der Waals surface area (Å²) in [6, 6.07) is 0. The molecule has 0 spiro atoms. The van der Waals surface area contributed by atoms with E-state index in [4.69, 9.17) is 18.5 Å². The van der Waals surface area contributed by atoms with Crippen LogP contribution in [0.15, 0.2) is 12.2 Å². The number of phosphoric ester groups is 1. The number of unbranched alkanes of at least 4 members (excludes halogenated alkanes) is 32. The normalized spacial score (nSPS) is 13.7. The first-order valence-electron chi connectivity index (χ1n) is 25.4. The lowest BCUT2D eigenvalue weighted by Gasteiger charge is -2.28. The zero-order valence-corrected chi connectivity index (χ0v) is 40.9. The molecule has 352 valence electrons. The minimum Gasteiger partial charge on any atom is -0.756 e. The molecule has 0 aromatic carbocycles. The molecule has 59 heavy (non-hydrogen) atoms. The highest BCUT2D eigenvalue weighted by molar-refractivity contribution is 7.45. The van der Waals surface area contributed by atoms with Gasteiger partial charge in [-0.05, 0) is 38.5 Å². The van der Waals surface area contributed by atoms with E-state index >= 15 is 0 Å². The third-order valence-corrected chi connectivity index (χ3v) is 12.3. The summed E-state index contributed by atoms with van der Waals surface area (Å²) in [6.07, 6.45) is 49.4. The molecule has 0 N–H and O–H groups in total. The second-order valence-electron chi connectivity index (χ2n) is 18.5. The number of esters is 1. The van der Waals surface area contributed by atoms with Crippen molar-refractivity contribution in [2.45, 2.75) is 251 Å². The predicted molar refractivity (Wildman–Crippen MR) is 250 cm³/mol. The summed E-state index contributed by atoms with van der Waals surface area (Å²) in [5.41, 5.74) is 0. The average molecular weight is 858 g/mol. The van der Waals surface area contributed by atoms with Crippen LogP contribution in [0.25, 0.3) is 0 Å². The standard InChI is InChI=1S/C50H100NO7P/c1-6-8-10-12-14-16-18-20-22-24-25-26-28-30-32-34-36-38-40-42-45-55-47-49(48-57-59(53,54)56-46-44-51(3,4)5)58-50(52)43-41-39-37-35-33-31-29-27-23-21-19-17-15-13-11-9-7-2/h20,22,49H,6-19,21,23-48H2,1-5H3/b22-20-. The first kappa shape index (κ1) is 58.2. The highest BCUT2D eigenvalue weighted by Crippen LogP contribution is 2.38. The van der Waals surface area contributed by atoms with Crippen LogP contribution in [0.5, 0.6) is 0 Å². The van der Waals surface area contributed by atoms with E-state index in [0.717, 1.165) is 32.1 Å². The van der Waals surface area contributed by atoms with Crippen molar-refractivity contribution >= 4 is 13.8 Å². The molecule has 0 amide bonds. The Morgan fingerprint density at radius 2 is 0.881 bits per heavy atom. The van der Waals surface area contributed by atoms with E-state index in [1.54, 1.807) is 0 Å². The van der Waals surface area contributed by atoms with Gasteiger partial charge < -0.3 is 27.9 Å². The third-order valence-electron chi connectivity index (χ3n) is 11.3. The molecule has 0 aliphatic rings.